The van der Waals surface area contributed by atoms with Crippen LogP contribution in [0.3, 0.4) is 0 Å². The van der Waals surface area contributed by atoms with Crippen molar-refractivity contribution < 1.29 is 0 Å². The number of fused-ring (bicyclic) bond motifs is 1. The second-order valence-corrected chi connectivity index (χ2v) is 5.39. The van der Waals surface area contributed by atoms with E-state index in [0.717, 1.165) is 12.1 Å². The summed E-state index contributed by atoms with van der Waals surface area (Å²) in [4.78, 5) is 4.64. The SMILES string of the molecule is CNC(Cc1ccccc1C)c1nccc2ccccc12. The highest BCUT2D eigenvalue weighted by Gasteiger charge is 2.15. The van der Waals surface area contributed by atoms with E-state index >= 15 is 0 Å². The Hall–Kier alpha value is -2.19. The molecule has 2 nitrogen and oxygen atoms in total. The summed E-state index contributed by atoms with van der Waals surface area (Å²) in [5.74, 6) is 0. The second kappa shape index (κ2) is 6.06. The van der Waals surface area contributed by atoms with Crippen LogP contribution in [0.1, 0.15) is 22.9 Å². The maximum absolute atomic E-state index is 4.64. The molecule has 21 heavy (non-hydrogen) atoms. The number of benzene rings is 2. The van der Waals surface area contributed by atoms with Gasteiger partial charge in [-0.3, -0.25) is 4.98 Å². The van der Waals surface area contributed by atoms with Crippen LogP contribution in [-0.4, -0.2) is 12.0 Å². The largest absolute Gasteiger partial charge is 0.311 e. The van der Waals surface area contributed by atoms with Crippen LogP contribution in [0, 0.1) is 6.92 Å². The lowest BCUT2D eigenvalue weighted by Gasteiger charge is -2.18. The van der Waals surface area contributed by atoms with Gasteiger partial charge in [0.2, 0.25) is 0 Å². The van der Waals surface area contributed by atoms with Crippen LogP contribution >= 0.6 is 0 Å². The van der Waals surface area contributed by atoms with Gasteiger partial charge in [-0.05, 0) is 43.0 Å². The summed E-state index contributed by atoms with van der Waals surface area (Å²) in [6.07, 6.45) is 2.85. The smallest absolute Gasteiger partial charge is 0.0654 e. The van der Waals surface area contributed by atoms with Crippen molar-refractivity contribution in [3.8, 4) is 0 Å². The van der Waals surface area contributed by atoms with Gasteiger partial charge in [0.15, 0.2) is 0 Å². The molecule has 0 fully saturated rings. The molecule has 0 aliphatic carbocycles. The average molecular weight is 276 g/mol. The van der Waals surface area contributed by atoms with Gasteiger partial charge in [-0.1, -0.05) is 48.5 Å². The molecule has 2 aromatic carbocycles. The van der Waals surface area contributed by atoms with Gasteiger partial charge in [-0.15, -0.1) is 0 Å². The molecule has 0 amide bonds. The average Bonchev–Trinajstić information content (AvgIpc) is 2.54. The van der Waals surface area contributed by atoms with E-state index in [2.05, 4.69) is 71.8 Å². The molecule has 0 radical (unpaired) electrons. The molecule has 2 heteroatoms. The summed E-state index contributed by atoms with van der Waals surface area (Å²) in [5, 5.41) is 5.90. The van der Waals surface area contributed by atoms with Gasteiger partial charge in [0.05, 0.1) is 11.7 Å². The van der Waals surface area contributed by atoms with E-state index in [0.29, 0.717) is 0 Å². The zero-order valence-corrected chi connectivity index (χ0v) is 12.5. The molecule has 106 valence electrons. The third kappa shape index (κ3) is 2.81. The van der Waals surface area contributed by atoms with E-state index in [-0.39, 0.29) is 6.04 Å². The predicted octanol–water partition coefficient (Wildman–Crippen LogP) is 4.05. The minimum atomic E-state index is 0.220. The summed E-state index contributed by atoms with van der Waals surface area (Å²) in [6.45, 7) is 2.17. The molecule has 1 atom stereocenters. The molecule has 0 saturated carbocycles. The number of hydrogen-bond acceptors (Lipinski definition) is 2. The normalized spacial score (nSPS) is 12.5. The summed E-state index contributed by atoms with van der Waals surface area (Å²) in [7, 11) is 2.01. The molecule has 1 N–H and O–H groups in total. The zero-order chi connectivity index (χ0) is 14.7. The number of hydrogen-bond donors (Lipinski definition) is 1. The van der Waals surface area contributed by atoms with Gasteiger partial charge >= 0.3 is 0 Å². The van der Waals surface area contributed by atoms with Crippen molar-refractivity contribution in [3.05, 3.63) is 77.6 Å². The predicted molar refractivity (Wildman–Crippen MR) is 88.4 cm³/mol. The van der Waals surface area contributed by atoms with Gasteiger partial charge in [0.25, 0.3) is 0 Å². The third-order valence-electron chi connectivity index (χ3n) is 4.07. The highest BCUT2D eigenvalue weighted by molar-refractivity contribution is 5.84. The number of pyridine rings is 1. The minimum Gasteiger partial charge on any atom is -0.311 e. The molecule has 1 unspecified atom stereocenters. The van der Waals surface area contributed by atoms with Gasteiger partial charge < -0.3 is 5.32 Å². The standard InChI is InChI=1S/C19H20N2/c1-14-7-3-4-9-16(14)13-18(20-2)19-17-10-6-5-8-15(17)11-12-21-19/h3-12,18,20H,13H2,1-2H3. The van der Waals surface area contributed by atoms with Crippen LogP contribution in [0.15, 0.2) is 60.8 Å². The quantitative estimate of drug-likeness (QED) is 0.777. The van der Waals surface area contributed by atoms with Crippen LogP contribution in [-0.2, 0) is 6.42 Å². The second-order valence-electron chi connectivity index (χ2n) is 5.39. The highest BCUT2D eigenvalue weighted by atomic mass is 14.9. The molecule has 3 aromatic rings. The first kappa shape index (κ1) is 13.8. The van der Waals surface area contributed by atoms with E-state index in [1.807, 2.05) is 13.2 Å². The Kier molecular flexibility index (Phi) is 3.98. The van der Waals surface area contributed by atoms with E-state index < -0.39 is 0 Å². The Balaban J connectivity index is 2.01. The van der Waals surface area contributed by atoms with Gasteiger partial charge in [0.1, 0.15) is 0 Å². The minimum absolute atomic E-state index is 0.220. The van der Waals surface area contributed by atoms with Crippen LogP contribution in [0.25, 0.3) is 10.8 Å². The van der Waals surface area contributed by atoms with Gasteiger partial charge in [-0.25, -0.2) is 0 Å². The highest BCUT2D eigenvalue weighted by Crippen LogP contribution is 2.25. The lowest BCUT2D eigenvalue weighted by Crippen LogP contribution is -2.20. The molecule has 0 saturated heterocycles. The number of aryl methyl sites for hydroxylation is 1. The van der Waals surface area contributed by atoms with Crippen molar-refractivity contribution in [1.29, 1.82) is 0 Å². The molecule has 0 aliphatic rings. The van der Waals surface area contributed by atoms with Crippen LogP contribution < -0.4 is 5.32 Å². The van der Waals surface area contributed by atoms with E-state index in [9.17, 15) is 0 Å². The molecular formula is C19H20N2. The van der Waals surface area contributed by atoms with E-state index in [1.165, 1.54) is 21.9 Å². The Morgan fingerprint density at radius 3 is 2.57 bits per heavy atom. The van der Waals surface area contributed by atoms with E-state index in [4.69, 9.17) is 0 Å². The van der Waals surface area contributed by atoms with Crippen molar-refractivity contribution >= 4 is 10.8 Å². The molecule has 0 aliphatic heterocycles. The number of rotatable bonds is 4. The summed E-state index contributed by atoms with van der Waals surface area (Å²) in [5.41, 5.74) is 3.82. The lowest BCUT2D eigenvalue weighted by molar-refractivity contribution is 0.579. The van der Waals surface area contributed by atoms with Crippen molar-refractivity contribution in [2.24, 2.45) is 0 Å². The molecule has 3 rings (SSSR count). The van der Waals surface area contributed by atoms with Crippen molar-refractivity contribution in [1.82, 2.24) is 10.3 Å². The summed E-state index contributed by atoms with van der Waals surface area (Å²) >= 11 is 0. The van der Waals surface area contributed by atoms with Gasteiger partial charge in [-0.2, -0.15) is 0 Å². The lowest BCUT2D eigenvalue weighted by atomic mass is 9.96. The Morgan fingerprint density at radius 1 is 1.00 bits per heavy atom. The Labute approximate surface area is 125 Å². The fourth-order valence-corrected chi connectivity index (χ4v) is 2.82. The molecule has 0 spiro atoms. The Bertz CT molecular complexity index is 744. The summed E-state index contributed by atoms with van der Waals surface area (Å²) < 4.78 is 0. The zero-order valence-electron chi connectivity index (χ0n) is 12.5. The maximum atomic E-state index is 4.64. The molecule has 1 aromatic heterocycles. The molecule has 0 bridgehead atoms. The third-order valence-corrected chi connectivity index (χ3v) is 4.07. The van der Waals surface area contributed by atoms with Crippen molar-refractivity contribution in [2.45, 2.75) is 19.4 Å². The topological polar surface area (TPSA) is 24.9 Å². The fourth-order valence-electron chi connectivity index (χ4n) is 2.82. The number of nitrogens with one attached hydrogen (secondary N) is 1. The maximum Gasteiger partial charge on any atom is 0.0654 e. The fraction of sp³-hybridized carbons (Fsp3) is 0.211. The first-order chi connectivity index (χ1) is 10.3. The number of aromatic nitrogens is 1. The van der Waals surface area contributed by atoms with Crippen molar-refractivity contribution in [2.75, 3.05) is 7.05 Å². The molecular weight excluding hydrogens is 256 g/mol. The summed E-state index contributed by atoms with van der Waals surface area (Å²) in [6, 6.07) is 19.3. The molecule has 1 heterocycles. The van der Waals surface area contributed by atoms with E-state index in [1.54, 1.807) is 0 Å². The van der Waals surface area contributed by atoms with Crippen LogP contribution in [0.4, 0.5) is 0 Å². The first-order valence-corrected chi connectivity index (χ1v) is 7.35. The monoisotopic (exact) mass is 276 g/mol. The Morgan fingerprint density at radius 2 is 1.76 bits per heavy atom. The van der Waals surface area contributed by atoms with Gasteiger partial charge in [0, 0.05) is 11.6 Å². The van der Waals surface area contributed by atoms with Crippen molar-refractivity contribution in [3.63, 3.8) is 0 Å². The first-order valence-electron chi connectivity index (χ1n) is 7.35. The van der Waals surface area contributed by atoms with Crippen LogP contribution in [0.5, 0.6) is 0 Å². The number of nitrogens with zero attached hydrogens (tertiary/aromatic N) is 1. The van der Waals surface area contributed by atoms with Crippen LogP contribution in [0.2, 0.25) is 0 Å². The number of likely N-dealkylation sites (N-methyl/N-ethyl adjacent to an activating group) is 1.